The van der Waals surface area contributed by atoms with Gasteiger partial charge in [-0.05, 0) is 36.6 Å². The lowest BCUT2D eigenvalue weighted by Crippen LogP contribution is -2.34. The molecule has 0 aromatic carbocycles. The number of nitrogens with one attached hydrogen (secondary N) is 2. The Labute approximate surface area is 142 Å². The Hall–Kier alpha value is -2.43. The molecule has 3 rings (SSSR count). The summed E-state index contributed by atoms with van der Waals surface area (Å²) >= 11 is 0. The van der Waals surface area contributed by atoms with Crippen molar-refractivity contribution in [1.29, 1.82) is 0 Å². The molecule has 0 unspecified atom stereocenters. The van der Waals surface area contributed by atoms with Crippen molar-refractivity contribution in [2.45, 2.75) is 51.1 Å². The summed E-state index contributed by atoms with van der Waals surface area (Å²) in [7, 11) is 0. The first-order valence-corrected chi connectivity index (χ1v) is 8.70. The highest BCUT2D eigenvalue weighted by Crippen LogP contribution is 2.18. The number of rotatable bonds is 5. The molecule has 1 aliphatic carbocycles. The molecule has 1 saturated carbocycles. The van der Waals surface area contributed by atoms with Crippen molar-refractivity contribution in [2.75, 3.05) is 5.32 Å². The number of amides is 1. The maximum atomic E-state index is 12.5. The minimum Gasteiger partial charge on any atom is -0.380 e. The quantitative estimate of drug-likeness (QED) is 0.826. The first kappa shape index (κ1) is 16.4. The topological polar surface area (TPSA) is 66.9 Å². The number of hydrogen-bond donors (Lipinski definition) is 2. The van der Waals surface area contributed by atoms with E-state index in [-0.39, 0.29) is 5.91 Å². The largest absolute Gasteiger partial charge is 0.380 e. The van der Waals surface area contributed by atoms with Crippen LogP contribution in [0.3, 0.4) is 0 Å². The summed E-state index contributed by atoms with van der Waals surface area (Å²) in [5.74, 6) is -0.0260. The lowest BCUT2D eigenvalue weighted by Gasteiger charge is -2.16. The van der Waals surface area contributed by atoms with Crippen LogP contribution in [0.15, 0.2) is 43.0 Å². The smallest absolute Gasteiger partial charge is 0.253 e. The van der Waals surface area contributed by atoms with Crippen LogP contribution in [0, 0.1) is 0 Å². The normalized spacial score (nSPS) is 15.5. The molecule has 0 atom stereocenters. The van der Waals surface area contributed by atoms with Crippen LogP contribution in [-0.4, -0.2) is 21.9 Å². The van der Waals surface area contributed by atoms with E-state index >= 15 is 0 Å². The van der Waals surface area contributed by atoms with Gasteiger partial charge < -0.3 is 10.6 Å². The Kier molecular flexibility index (Phi) is 5.77. The highest BCUT2D eigenvalue weighted by atomic mass is 16.1. The van der Waals surface area contributed by atoms with Crippen molar-refractivity contribution >= 4 is 11.6 Å². The zero-order valence-corrected chi connectivity index (χ0v) is 13.9. The number of anilines is 1. The first-order chi connectivity index (χ1) is 11.8. The van der Waals surface area contributed by atoms with Crippen LogP contribution >= 0.6 is 0 Å². The number of pyridine rings is 2. The van der Waals surface area contributed by atoms with Crippen molar-refractivity contribution in [3.63, 3.8) is 0 Å². The van der Waals surface area contributed by atoms with Crippen molar-refractivity contribution in [2.24, 2.45) is 0 Å². The molecule has 1 aliphatic rings. The van der Waals surface area contributed by atoms with Crippen LogP contribution < -0.4 is 10.6 Å². The molecule has 2 aromatic heterocycles. The molecule has 2 heterocycles. The van der Waals surface area contributed by atoms with E-state index in [1.54, 1.807) is 24.8 Å². The van der Waals surface area contributed by atoms with Gasteiger partial charge in [-0.2, -0.15) is 0 Å². The van der Waals surface area contributed by atoms with Crippen molar-refractivity contribution in [3.05, 3.63) is 54.1 Å². The molecule has 0 aliphatic heterocycles. The van der Waals surface area contributed by atoms with E-state index in [2.05, 4.69) is 20.6 Å². The lowest BCUT2D eigenvalue weighted by molar-refractivity contribution is 0.0933. The maximum Gasteiger partial charge on any atom is 0.253 e. The Morgan fingerprint density at radius 1 is 1.04 bits per heavy atom. The number of hydrogen-bond acceptors (Lipinski definition) is 4. The van der Waals surface area contributed by atoms with Gasteiger partial charge in [0, 0.05) is 37.4 Å². The van der Waals surface area contributed by atoms with Gasteiger partial charge in [0.15, 0.2) is 0 Å². The van der Waals surface area contributed by atoms with E-state index in [4.69, 9.17) is 0 Å². The second-order valence-electron chi connectivity index (χ2n) is 6.33. The summed E-state index contributed by atoms with van der Waals surface area (Å²) in [6, 6.07) is 6.08. The summed E-state index contributed by atoms with van der Waals surface area (Å²) in [6.45, 7) is 0.678. The zero-order chi connectivity index (χ0) is 16.6. The third-order valence-corrected chi connectivity index (χ3v) is 4.44. The third-order valence-electron chi connectivity index (χ3n) is 4.44. The molecule has 126 valence electrons. The van der Waals surface area contributed by atoms with Crippen LogP contribution in [-0.2, 0) is 6.54 Å². The highest BCUT2D eigenvalue weighted by Gasteiger charge is 2.16. The molecule has 0 saturated heterocycles. The second kappa shape index (κ2) is 8.43. The molecule has 0 bridgehead atoms. The van der Waals surface area contributed by atoms with Crippen LogP contribution in [0.4, 0.5) is 5.69 Å². The Bertz CT molecular complexity index is 651. The van der Waals surface area contributed by atoms with Gasteiger partial charge in [-0.15, -0.1) is 0 Å². The fourth-order valence-corrected chi connectivity index (χ4v) is 3.06. The molecular formula is C19H24N4O. The third kappa shape index (κ3) is 4.78. The molecule has 1 fully saturated rings. The summed E-state index contributed by atoms with van der Waals surface area (Å²) in [4.78, 5) is 20.7. The lowest BCUT2D eigenvalue weighted by atomic mass is 10.1. The van der Waals surface area contributed by atoms with Gasteiger partial charge in [0.2, 0.25) is 0 Å². The summed E-state index contributed by atoms with van der Waals surface area (Å²) in [5, 5.41) is 6.46. The summed E-state index contributed by atoms with van der Waals surface area (Å²) < 4.78 is 0. The molecule has 0 spiro atoms. The van der Waals surface area contributed by atoms with E-state index in [1.165, 1.54) is 25.7 Å². The van der Waals surface area contributed by atoms with Gasteiger partial charge in [-0.1, -0.05) is 25.7 Å². The minimum atomic E-state index is -0.0260. The molecule has 5 heteroatoms. The predicted octanol–water partition coefficient (Wildman–Crippen LogP) is 3.54. The molecular weight excluding hydrogens is 300 g/mol. The van der Waals surface area contributed by atoms with Crippen molar-refractivity contribution in [3.8, 4) is 0 Å². The molecule has 24 heavy (non-hydrogen) atoms. The molecule has 1 amide bonds. The van der Waals surface area contributed by atoms with E-state index in [9.17, 15) is 4.79 Å². The molecule has 0 radical (unpaired) electrons. The number of carbonyl (C=O) groups excluding carboxylic acids is 1. The van der Waals surface area contributed by atoms with Gasteiger partial charge in [0.25, 0.3) is 5.91 Å². The van der Waals surface area contributed by atoms with Crippen molar-refractivity contribution < 1.29 is 4.79 Å². The zero-order valence-electron chi connectivity index (χ0n) is 13.9. The molecule has 2 N–H and O–H groups in total. The van der Waals surface area contributed by atoms with Gasteiger partial charge in [-0.25, -0.2) is 0 Å². The number of carbonyl (C=O) groups is 1. The Morgan fingerprint density at radius 2 is 1.79 bits per heavy atom. The fraction of sp³-hybridized carbons (Fsp3) is 0.421. The Balaban J connectivity index is 1.58. The fourth-order valence-electron chi connectivity index (χ4n) is 3.06. The van der Waals surface area contributed by atoms with Gasteiger partial charge >= 0.3 is 0 Å². The minimum absolute atomic E-state index is 0.0260. The maximum absolute atomic E-state index is 12.5. The molecule has 5 nitrogen and oxygen atoms in total. The van der Waals surface area contributed by atoms with Gasteiger partial charge in [0.05, 0.1) is 11.3 Å². The standard InChI is InChI=1S/C19H24N4O/c24-19(23-17-5-3-1-2-4-6-17)16-11-18(14-21-13-16)22-12-15-7-9-20-10-8-15/h7-11,13-14,17,22H,1-6,12H2,(H,23,24). The van der Waals surface area contributed by atoms with Crippen LogP contribution in [0.5, 0.6) is 0 Å². The van der Waals surface area contributed by atoms with Crippen LogP contribution in [0.2, 0.25) is 0 Å². The SMILES string of the molecule is O=C(NC1CCCCCC1)c1cncc(NCc2ccncc2)c1. The summed E-state index contributed by atoms with van der Waals surface area (Å²) in [6.07, 6.45) is 14.0. The van der Waals surface area contributed by atoms with Crippen molar-refractivity contribution in [1.82, 2.24) is 15.3 Å². The number of nitrogens with zero attached hydrogens (tertiary/aromatic N) is 2. The number of aromatic nitrogens is 2. The highest BCUT2D eigenvalue weighted by molar-refractivity contribution is 5.94. The van der Waals surface area contributed by atoms with Gasteiger partial charge in [-0.3, -0.25) is 14.8 Å². The van der Waals surface area contributed by atoms with E-state index in [0.29, 0.717) is 18.2 Å². The second-order valence-corrected chi connectivity index (χ2v) is 6.33. The Morgan fingerprint density at radius 3 is 2.54 bits per heavy atom. The van der Waals surface area contributed by atoms with E-state index in [0.717, 1.165) is 24.1 Å². The van der Waals surface area contributed by atoms with Crippen LogP contribution in [0.1, 0.15) is 54.4 Å². The van der Waals surface area contributed by atoms with E-state index < -0.39 is 0 Å². The predicted molar refractivity (Wildman–Crippen MR) is 94.8 cm³/mol. The summed E-state index contributed by atoms with van der Waals surface area (Å²) in [5.41, 5.74) is 2.60. The first-order valence-electron chi connectivity index (χ1n) is 8.70. The van der Waals surface area contributed by atoms with E-state index in [1.807, 2.05) is 18.2 Å². The monoisotopic (exact) mass is 324 g/mol. The average molecular weight is 324 g/mol. The van der Waals surface area contributed by atoms with Crippen LogP contribution in [0.25, 0.3) is 0 Å². The van der Waals surface area contributed by atoms with Gasteiger partial charge in [0.1, 0.15) is 0 Å². The molecule has 2 aromatic rings. The average Bonchev–Trinajstić information content (AvgIpc) is 2.90.